The molecular formula is C9H15N5O. The lowest BCUT2D eigenvalue weighted by molar-refractivity contribution is -0.116. The zero-order valence-electron chi connectivity index (χ0n) is 8.87. The standard InChI is InChI=1S/C9H15N5O/c1-3-7-13-8(11)5(2)9(14-7)12-4-6(10)15/h3-4H2,1-2H3,(H2,10,15)(H3,11,12,13,14). The highest BCUT2D eigenvalue weighted by Crippen LogP contribution is 2.16. The average molecular weight is 209 g/mol. The second kappa shape index (κ2) is 4.59. The van der Waals surface area contributed by atoms with Crippen LogP contribution in [-0.2, 0) is 11.2 Å². The molecule has 0 aliphatic heterocycles. The largest absolute Gasteiger partial charge is 0.383 e. The second-order valence-corrected chi connectivity index (χ2v) is 3.17. The normalized spacial score (nSPS) is 10.0. The van der Waals surface area contributed by atoms with Crippen molar-refractivity contribution < 1.29 is 4.79 Å². The van der Waals surface area contributed by atoms with E-state index in [4.69, 9.17) is 11.5 Å². The van der Waals surface area contributed by atoms with E-state index in [0.717, 1.165) is 5.56 Å². The fraction of sp³-hybridized carbons (Fsp3) is 0.444. The molecule has 0 spiro atoms. The number of carbonyl (C=O) groups excluding carboxylic acids is 1. The summed E-state index contributed by atoms with van der Waals surface area (Å²) < 4.78 is 0. The Morgan fingerprint density at radius 3 is 2.67 bits per heavy atom. The van der Waals surface area contributed by atoms with Gasteiger partial charge in [0.05, 0.1) is 6.54 Å². The number of hydrogen-bond acceptors (Lipinski definition) is 5. The van der Waals surface area contributed by atoms with Gasteiger partial charge >= 0.3 is 0 Å². The molecule has 6 nitrogen and oxygen atoms in total. The number of aryl methyl sites for hydroxylation is 1. The molecule has 0 aliphatic carbocycles. The van der Waals surface area contributed by atoms with E-state index in [9.17, 15) is 4.79 Å². The first-order valence-electron chi connectivity index (χ1n) is 4.69. The Morgan fingerprint density at radius 1 is 1.47 bits per heavy atom. The van der Waals surface area contributed by atoms with Gasteiger partial charge in [-0.05, 0) is 6.92 Å². The van der Waals surface area contributed by atoms with Crippen LogP contribution in [0.5, 0.6) is 0 Å². The van der Waals surface area contributed by atoms with Crippen LogP contribution in [0.15, 0.2) is 0 Å². The van der Waals surface area contributed by atoms with Crippen molar-refractivity contribution >= 4 is 17.5 Å². The number of anilines is 2. The number of rotatable bonds is 4. The van der Waals surface area contributed by atoms with Crippen LogP contribution in [0.3, 0.4) is 0 Å². The lowest BCUT2D eigenvalue weighted by Crippen LogP contribution is -2.23. The van der Waals surface area contributed by atoms with Crippen molar-refractivity contribution in [3.05, 3.63) is 11.4 Å². The topological polar surface area (TPSA) is 107 Å². The SMILES string of the molecule is CCc1nc(N)c(C)c(NCC(N)=O)n1. The zero-order chi connectivity index (χ0) is 11.4. The average Bonchev–Trinajstić information content (AvgIpc) is 2.19. The maximum absolute atomic E-state index is 10.6. The number of carbonyl (C=O) groups is 1. The highest BCUT2D eigenvalue weighted by molar-refractivity contribution is 5.78. The molecule has 0 unspecified atom stereocenters. The van der Waals surface area contributed by atoms with Gasteiger partial charge in [-0.2, -0.15) is 0 Å². The van der Waals surface area contributed by atoms with Crippen molar-refractivity contribution in [3.8, 4) is 0 Å². The van der Waals surface area contributed by atoms with Gasteiger partial charge in [0.2, 0.25) is 5.91 Å². The Kier molecular flexibility index (Phi) is 3.43. The van der Waals surface area contributed by atoms with Gasteiger partial charge in [-0.3, -0.25) is 4.79 Å². The molecule has 1 amide bonds. The van der Waals surface area contributed by atoms with Gasteiger partial charge in [0.15, 0.2) is 0 Å². The number of aromatic nitrogens is 2. The highest BCUT2D eigenvalue weighted by Gasteiger charge is 2.07. The van der Waals surface area contributed by atoms with Gasteiger partial charge in [0.25, 0.3) is 0 Å². The number of nitrogens with two attached hydrogens (primary N) is 2. The Bertz CT molecular complexity index is 377. The molecule has 1 heterocycles. The lowest BCUT2D eigenvalue weighted by Gasteiger charge is -2.09. The molecule has 0 aliphatic rings. The van der Waals surface area contributed by atoms with Crippen LogP contribution in [-0.4, -0.2) is 22.4 Å². The summed E-state index contributed by atoms with van der Waals surface area (Å²) in [5.41, 5.74) is 11.4. The zero-order valence-corrected chi connectivity index (χ0v) is 8.87. The number of nitrogens with one attached hydrogen (secondary N) is 1. The number of nitrogen functional groups attached to an aromatic ring is 1. The third-order valence-electron chi connectivity index (χ3n) is 1.98. The Morgan fingerprint density at radius 2 is 2.13 bits per heavy atom. The molecule has 1 rings (SSSR count). The quantitative estimate of drug-likeness (QED) is 0.638. The Balaban J connectivity index is 2.94. The molecule has 0 fully saturated rings. The minimum atomic E-state index is -0.440. The van der Waals surface area contributed by atoms with Crippen LogP contribution in [0.25, 0.3) is 0 Å². The molecule has 1 aromatic heterocycles. The number of nitrogens with zero attached hydrogens (tertiary/aromatic N) is 2. The van der Waals surface area contributed by atoms with Gasteiger partial charge in [0, 0.05) is 12.0 Å². The number of primary amides is 1. The van der Waals surface area contributed by atoms with Crippen LogP contribution < -0.4 is 16.8 Å². The van der Waals surface area contributed by atoms with Crippen molar-refractivity contribution in [2.45, 2.75) is 20.3 Å². The van der Waals surface area contributed by atoms with E-state index in [0.29, 0.717) is 23.9 Å². The van der Waals surface area contributed by atoms with Gasteiger partial charge in [-0.1, -0.05) is 6.92 Å². The van der Waals surface area contributed by atoms with Crippen molar-refractivity contribution in [1.29, 1.82) is 0 Å². The fourth-order valence-corrected chi connectivity index (χ4v) is 1.08. The minimum Gasteiger partial charge on any atom is -0.383 e. The number of amides is 1. The first kappa shape index (κ1) is 11.2. The fourth-order valence-electron chi connectivity index (χ4n) is 1.08. The van der Waals surface area contributed by atoms with Crippen LogP contribution in [0.2, 0.25) is 0 Å². The van der Waals surface area contributed by atoms with Crippen molar-refractivity contribution in [3.63, 3.8) is 0 Å². The van der Waals surface area contributed by atoms with E-state index in [2.05, 4.69) is 15.3 Å². The van der Waals surface area contributed by atoms with E-state index in [1.165, 1.54) is 0 Å². The van der Waals surface area contributed by atoms with Crippen molar-refractivity contribution in [2.24, 2.45) is 5.73 Å². The molecule has 15 heavy (non-hydrogen) atoms. The molecule has 82 valence electrons. The summed E-state index contributed by atoms with van der Waals surface area (Å²) >= 11 is 0. The van der Waals surface area contributed by atoms with E-state index < -0.39 is 5.91 Å². The summed E-state index contributed by atoms with van der Waals surface area (Å²) in [6.45, 7) is 3.76. The van der Waals surface area contributed by atoms with Gasteiger partial charge in [0.1, 0.15) is 17.5 Å². The van der Waals surface area contributed by atoms with Crippen molar-refractivity contribution in [1.82, 2.24) is 9.97 Å². The summed E-state index contributed by atoms with van der Waals surface area (Å²) in [4.78, 5) is 18.9. The maximum atomic E-state index is 10.6. The van der Waals surface area contributed by atoms with E-state index in [1.54, 1.807) is 6.92 Å². The molecule has 0 aromatic carbocycles. The summed E-state index contributed by atoms with van der Waals surface area (Å²) in [6, 6.07) is 0. The molecule has 0 radical (unpaired) electrons. The molecule has 6 heteroatoms. The Labute approximate surface area is 88.1 Å². The van der Waals surface area contributed by atoms with Crippen LogP contribution in [0.4, 0.5) is 11.6 Å². The van der Waals surface area contributed by atoms with Gasteiger partial charge in [-0.25, -0.2) is 9.97 Å². The summed E-state index contributed by atoms with van der Waals surface area (Å²) in [6.07, 6.45) is 0.690. The van der Waals surface area contributed by atoms with Crippen LogP contribution in [0, 0.1) is 6.92 Å². The lowest BCUT2D eigenvalue weighted by atomic mass is 10.3. The van der Waals surface area contributed by atoms with Gasteiger partial charge < -0.3 is 16.8 Å². The minimum absolute atomic E-state index is 0.0421. The molecule has 0 saturated heterocycles. The van der Waals surface area contributed by atoms with E-state index in [-0.39, 0.29) is 6.54 Å². The highest BCUT2D eigenvalue weighted by atomic mass is 16.1. The second-order valence-electron chi connectivity index (χ2n) is 3.17. The van der Waals surface area contributed by atoms with Crippen LogP contribution >= 0.6 is 0 Å². The predicted molar refractivity (Wildman–Crippen MR) is 58.2 cm³/mol. The Hall–Kier alpha value is -1.85. The maximum Gasteiger partial charge on any atom is 0.236 e. The third-order valence-corrected chi connectivity index (χ3v) is 1.98. The first-order valence-corrected chi connectivity index (χ1v) is 4.69. The molecule has 1 aromatic rings. The van der Waals surface area contributed by atoms with E-state index in [1.807, 2.05) is 6.92 Å². The van der Waals surface area contributed by atoms with Crippen molar-refractivity contribution in [2.75, 3.05) is 17.6 Å². The predicted octanol–water partition coefficient (Wildman–Crippen LogP) is -0.173. The molecule has 0 saturated carbocycles. The first-order chi connectivity index (χ1) is 7.04. The summed E-state index contributed by atoms with van der Waals surface area (Å²) in [7, 11) is 0. The molecule has 5 N–H and O–H groups in total. The molecule has 0 atom stereocenters. The molecule has 0 bridgehead atoms. The van der Waals surface area contributed by atoms with Gasteiger partial charge in [-0.15, -0.1) is 0 Å². The number of hydrogen-bond donors (Lipinski definition) is 3. The van der Waals surface area contributed by atoms with E-state index >= 15 is 0 Å². The monoisotopic (exact) mass is 209 g/mol. The third kappa shape index (κ3) is 2.80. The molecular weight excluding hydrogens is 194 g/mol. The summed E-state index contributed by atoms with van der Waals surface area (Å²) in [5.74, 6) is 1.20. The smallest absolute Gasteiger partial charge is 0.236 e. The van der Waals surface area contributed by atoms with Crippen LogP contribution in [0.1, 0.15) is 18.3 Å². The summed E-state index contributed by atoms with van der Waals surface area (Å²) in [5, 5.41) is 2.82.